The van der Waals surface area contributed by atoms with Gasteiger partial charge in [0.2, 0.25) is 10.0 Å². The van der Waals surface area contributed by atoms with E-state index in [1.807, 2.05) is 24.3 Å². The Hall–Kier alpha value is -2.18. The van der Waals surface area contributed by atoms with E-state index in [-0.39, 0.29) is 4.90 Å². The Morgan fingerprint density at radius 2 is 1.62 bits per heavy atom. The minimum atomic E-state index is -3.56. The Balaban J connectivity index is 1.53. The molecular weight excluding hydrogens is 427 g/mol. The van der Waals surface area contributed by atoms with Crippen LogP contribution in [0.2, 0.25) is 10.0 Å². The molecule has 0 bridgehead atoms. The Labute approximate surface area is 180 Å². The van der Waals surface area contributed by atoms with Crippen LogP contribution in [0.1, 0.15) is 16.7 Å². The third kappa shape index (κ3) is 4.23. The molecular formula is C22H18Cl2N2O2S. The SMILES string of the molecule is O=S(=O)(c1ccc(N=Cc2cccc(Cl)c2Cl)cc1)N1CCc2ccccc2C1. The molecule has 0 radical (unpaired) electrons. The fourth-order valence-electron chi connectivity index (χ4n) is 3.29. The summed E-state index contributed by atoms with van der Waals surface area (Å²) in [5.41, 5.74) is 3.59. The second kappa shape index (κ2) is 8.28. The standard InChI is InChI=1S/C22H18Cl2N2O2S/c23-21-7-3-6-17(22(21)24)14-25-19-8-10-20(11-9-19)29(27,28)26-13-12-16-4-1-2-5-18(16)15-26/h1-11,14H,12-13,15H2. The number of hydrogen-bond donors (Lipinski definition) is 0. The van der Waals surface area contributed by atoms with E-state index >= 15 is 0 Å². The van der Waals surface area contributed by atoms with Gasteiger partial charge in [-0.05, 0) is 47.9 Å². The van der Waals surface area contributed by atoms with Gasteiger partial charge in [0.25, 0.3) is 0 Å². The molecule has 0 aliphatic carbocycles. The molecule has 0 amide bonds. The molecule has 0 aromatic heterocycles. The zero-order chi connectivity index (χ0) is 20.4. The number of fused-ring (bicyclic) bond motifs is 1. The molecule has 0 spiro atoms. The van der Waals surface area contributed by atoms with E-state index in [1.54, 1.807) is 42.6 Å². The Kier molecular flexibility index (Phi) is 5.74. The van der Waals surface area contributed by atoms with Gasteiger partial charge in [0, 0.05) is 24.9 Å². The molecule has 3 aromatic rings. The van der Waals surface area contributed by atoms with Crippen LogP contribution in [0, 0.1) is 0 Å². The predicted octanol–water partition coefficient (Wildman–Crippen LogP) is 5.49. The molecule has 148 valence electrons. The van der Waals surface area contributed by atoms with Crippen LogP contribution in [0.15, 0.2) is 76.6 Å². The van der Waals surface area contributed by atoms with Crippen LogP contribution < -0.4 is 0 Å². The number of nitrogens with zero attached hydrogens (tertiary/aromatic N) is 2. The fraction of sp³-hybridized carbons (Fsp3) is 0.136. The van der Waals surface area contributed by atoms with Gasteiger partial charge >= 0.3 is 0 Å². The summed E-state index contributed by atoms with van der Waals surface area (Å²) in [7, 11) is -3.56. The summed E-state index contributed by atoms with van der Waals surface area (Å²) < 4.78 is 27.6. The van der Waals surface area contributed by atoms with Gasteiger partial charge in [-0.2, -0.15) is 4.31 Å². The van der Waals surface area contributed by atoms with Gasteiger partial charge in [0.15, 0.2) is 0 Å². The quantitative estimate of drug-likeness (QED) is 0.499. The minimum absolute atomic E-state index is 0.261. The maximum atomic E-state index is 13.0. The topological polar surface area (TPSA) is 49.7 Å². The van der Waals surface area contributed by atoms with E-state index in [2.05, 4.69) is 11.1 Å². The highest BCUT2D eigenvalue weighted by Crippen LogP contribution is 2.27. The summed E-state index contributed by atoms with van der Waals surface area (Å²) >= 11 is 12.2. The first-order valence-corrected chi connectivity index (χ1v) is 11.3. The lowest BCUT2D eigenvalue weighted by Gasteiger charge is -2.28. The summed E-state index contributed by atoms with van der Waals surface area (Å²) in [6, 6.07) is 19.8. The van der Waals surface area contributed by atoms with Crippen LogP contribution >= 0.6 is 23.2 Å². The lowest BCUT2D eigenvalue weighted by atomic mass is 10.0. The molecule has 0 saturated heterocycles. The van der Waals surface area contributed by atoms with Gasteiger partial charge in [0.05, 0.1) is 20.6 Å². The Bertz CT molecular complexity index is 1180. The van der Waals surface area contributed by atoms with Crippen LogP contribution in [0.5, 0.6) is 0 Å². The van der Waals surface area contributed by atoms with Crippen molar-refractivity contribution >= 4 is 45.1 Å². The van der Waals surface area contributed by atoms with Crippen molar-refractivity contribution in [3.63, 3.8) is 0 Å². The monoisotopic (exact) mass is 444 g/mol. The fourth-order valence-corrected chi connectivity index (χ4v) is 5.07. The highest BCUT2D eigenvalue weighted by atomic mass is 35.5. The summed E-state index contributed by atoms with van der Waals surface area (Å²) in [4.78, 5) is 4.63. The molecule has 0 fully saturated rings. The van der Waals surface area contributed by atoms with Gasteiger partial charge < -0.3 is 0 Å². The van der Waals surface area contributed by atoms with Crippen LogP contribution in [-0.2, 0) is 23.0 Å². The van der Waals surface area contributed by atoms with Crippen molar-refractivity contribution in [1.29, 1.82) is 0 Å². The van der Waals surface area contributed by atoms with Gasteiger partial charge in [-0.3, -0.25) is 4.99 Å². The van der Waals surface area contributed by atoms with Gasteiger partial charge in [-0.25, -0.2) is 8.42 Å². The minimum Gasteiger partial charge on any atom is -0.256 e. The maximum Gasteiger partial charge on any atom is 0.243 e. The van der Waals surface area contributed by atoms with E-state index in [0.29, 0.717) is 34.4 Å². The third-order valence-corrected chi connectivity index (χ3v) is 7.60. The van der Waals surface area contributed by atoms with Crippen molar-refractivity contribution < 1.29 is 8.42 Å². The van der Waals surface area contributed by atoms with E-state index in [1.165, 1.54) is 9.87 Å². The largest absolute Gasteiger partial charge is 0.256 e. The number of rotatable bonds is 4. The van der Waals surface area contributed by atoms with Crippen LogP contribution in [0.4, 0.5) is 5.69 Å². The van der Waals surface area contributed by atoms with Crippen LogP contribution in [0.25, 0.3) is 0 Å². The van der Waals surface area contributed by atoms with Crippen LogP contribution in [-0.4, -0.2) is 25.5 Å². The van der Waals surface area contributed by atoms with Crippen molar-refractivity contribution in [2.75, 3.05) is 6.54 Å². The van der Waals surface area contributed by atoms with Crippen molar-refractivity contribution in [3.05, 3.63) is 93.5 Å². The zero-order valence-electron chi connectivity index (χ0n) is 15.4. The van der Waals surface area contributed by atoms with E-state index < -0.39 is 10.0 Å². The molecule has 3 aromatic carbocycles. The smallest absolute Gasteiger partial charge is 0.243 e. The Morgan fingerprint density at radius 1 is 0.897 bits per heavy atom. The van der Waals surface area contributed by atoms with Gasteiger partial charge in [0.1, 0.15) is 0 Å². The molecule has 0 unspecified atom stereocenters. The molecule has 1 aliphatic rings. The average Bonchev–Trinajstić information content (AvgIpc) is 2.74. The summed E-state index contributed by atoms with van der Waals surface area (Å²) in [6.45, 7) is 0.873. The van der Waals surface area contributed by atoms with E-state index in [4.69, 9.17) is 23.2 Å². The molecule has 29 heavy (non-hydrogen) atoms. The highest BCUT2D eigenvalue weighted by Gasteiger charge is 2.28. The molecule has 0 saturated carbocycles. The molecule has 1 aliphatic heterocycles. The number of hydrogen-bond acceptors (Lipinski definition) is 3. The van der Waals surface area contributed by atoms with Crippen LogP contribution in [0.3, 0.4) is 0 Å². The van der Waals surface area contributed by atoms with Crippen molar-refractivity contribution in [1.82, 2.24) is 4.31 Å². The first-order chi connectivity index (χ1) is 13.9. The molecule has 0 N–H and O–H groups in total. The first kappa shape index (κ1) is 20.1. The number of benzene rings is 3. The second-order valence-electron chi connectivity index (χ2n) is 6.75. The molecule has 7 heteroatoms. The summed E-state index contributed by atoms with van der Waals surface area (Å²) in [6.07, 6.45) is 2.33. The first-order valence-electron chi connectivity index (χ1n) is 9.10. The van der Waals surface area contributed by atoms with Gasteiger partial charge in [-0.15, -0.1) is 0 Å². The Morgan fingerprint density at radius 3 is 2.38 bits per heavy atom. The average molecular weight is 445 g/mol. The molecule has 4 rings (SSSR count). The maximum absolute atomic E-state index is 13.0. The number of halogens is 2. The zero-order valence-corrected chi connectivity index (χ0v) is 17.8. The van der Waals surface area contributed by atoms with E-state index in [0.717, 1.165) is 12.0 Å². The molecule has 4 nitrogen and oxygen atoms in total. The normalized spacial score (nSPS) is 14.8. The lowest BCUT2D eigenvalue weighted by Crippen LogP contribution is -2.35. The number of sulfonamides is 1. The second-order valence-corrected chi connectivity index (χ2v) is 9.48. The van der Waals surface area contributed by atoms with Crippen molar-refractivity contribution in [2.24, 2.45) is 4.99 Å². The highest BCUT2D eigenvalue weighted by molar-refractivity contribution is 7.89. The molecule has 1 heterocycles. The number of aliphatic imine (C=N–C) groups is 1. The van der Waals surface area contributed by atoms with E-state index in [9.17, 15) is 8.42 Å². The third-order valence-electron chi connectivity index (χ3n) is 4.90. The lowest BCUT2D eigenvalue weighted by molar-refractivity contribution is 0.391. The van der Waals surface area contributed by atoms with Gasteiger partial charge in [-0.1, -0.05) is 59.6 Å². The summed E-state index contributed by atoms with van der Waals surface area (Å²) in [5.74, 6) is 0. The van der Waals surface area contributed by atoms with Crippen molar-refractivity contribution in [3.8, 4) is 0 Å². The predicted molar refractivity (Wildman–Crippen MR) is 118 cm³/mol. The summed E-state index contributed by atoms with van der Waals surface area (Å²) in [5, 5.41) is 0.891. The molecule has 0 atom stereocenters. The van der Waals surface area contributed by atoms with Crippen molar-refractivity contribution in [2.45, 2.75) is 17.9 Å².